The minimum atomic E-state index is 0.107. The molecule has 0 heterocycles. The number of fused-ring (bicyclic) bond motifs is 4. The molecule has 0 unspecified atom stereocenters. The summed E-state index contributed by atoms with van der Waals surface area (Å²) in [6, 6.07) is 22.1. The van der Waals surface area contributed by atoms with Crippen molar-refractivity contribution in [1.29, 1.82) is 0 Å². The van der Waals surface area contributed by atoms with Gasteiger partial charge in [-0.15, -0.1) is 0 Å². The van der Waals surface area contributed by atoms with Crippen LogP contribution in [0.25, 0.3) is 21.9 Å². The van der Waals surface area contributed by atoms with E-state index in [9.17, 15) is 0 Å². The monoisotopic (exact) mass is 244 g/mol. The summed E-state index contributed by atoms with van der Waals surface area (Å²) in [5.41, 5.74) is 5.80. The molecule has 0 spiro atoms. The zero-order valence-corrected chi connectivity index (χ0v) is 11.3. The van der Waals surface area contributed by atoms with Gasteiger partial charge >= 0.3 is 0 Å². The Balaban J connectivity index is 2.15. The first-order chi connectivity index (χ1) is 9.18. The predicted octanol–water partition coefficient (Wildman–Crippen LogP) is 5.15. The van der Waals surface area contributed by atoms with Crippen molar-refractivity contribution in [1.82, 2.24) is 0 Å². The lowest BCUT2D eigenvalue weighted by Crippen LogP contribution is -2.14. The van der Waals surface area contributed by atoms with Crippen LogP contribution in [0, 0.1) is 0 Å². The van der Waals surface area contributed by atoms with Crippen molar-refractivity contribution >= 4 is 10.8 Å². The third-order valence-electron chi connectivity index (χ3n) is 4.45. The molecule has 0 atom stereocenters. The van der Waals surface area contributed by atoms with Crippen molar-refractivity contribution in [2.75, 3.05) is 0 Å². The average Bonchev–Trinajstić information content (AvgIpc) is 2.66. The molecule has 1 aliphatic carbocycles. The van der Waals surface area contributed by atoms with E-state index >= 15 is 0 Å². The Morgan fingerprint density at radius 2 is 1.26 bits per heavy atom. The summed E-state index contributed by atoms with van der Waals surface area (Å²) in [6.45, 7) is 4.65. The Hall–Kier alpha value is -2.08. The van der Waals surface area contributed by atoms with Gasteiger partial charge in [0.15, 0.2) is 0 Å². The first-order valence-electron chi connectivity index (χ1n) is 6.81. The van der Waals surface area contributed by atoms with Crippen molar-refractivity contribution < 1.29 is 0 Å². The van der Waals surface area contributed by atoms with Crippen LogP contribution in [-0.2, 0) is 5.41 Å². The van der Waals surface area contributed by atoms with Crippen LogP contribution in [0.4, 0.5) is 0 Å². The molecular formula is C19H16. The van der Waals surface area contributed by atoms with Gasteiger partial charge < -0.3 is 0 Å². The van der Waals surface area contributed by atoms with Gasteiger partial charge in [-0.05, 0) is 45.2 Å². The molecule has 0 N–H and O–H groups in total. The van der Waals surface area contributed by atoms with E-state index in [1.54, 1.807) is 0 Å². The molecule has 0 aliphatic heterocycles. The number of hydrogen-bond acceptors (Lipinski definition) is 0. The largest absolute Gasteiger partial charge is 0.0619 e. The van der Waals surface area contributed by atoms with Crippen LogP contribution in [0.3, 0.4) is 0 Å². The highest BCUT2D eigenvalue weighted by Gasteiger charge is 2.35. The molecule has 19 heavy (non-hydrogen) atoms. The van der Waals surface area contributed by atoms with Gasteiger partial charge in [-0.25, -0.2) is 0 Å². The second-order valence-electron chi connectivity index (χ2n) is 5.92. The number of benzene rings is 3. The Labute approximate surface area is 113 Å². The molecular weight excluding hydrogens is 228 g/mol. The lowest BCUT2D eigenvalue weighted by molar-refractivity contribution is 0.661. The molecule has 0 bridgehead atoms. The molecule has 0 saturated heterocycles. The average molecular weight is 244 g/mol. The van der Waals surface area contributed by atoms with E-state index < -0.39 is 0 Å². The Kier molecular flexibility index (Phi) is 1.98. The highest BCUT2D eigenvalue weighted by molar-refractivity contribution is 5.93. The quantitative estimate of drug-likeness (QED) is 0.513. The summed E-state index contributed by atoms with van der Waals surface area (Å²) in [5, 5.41) is 2.66. The Bertz CT molecular complexity index is 794. The summed E-state index contributed by atoms with van der Waals surface area (Å²) in [7, 11) is 0. The van der Waals surface area contributed by atoms with Crippen LogP contribution in [0.2, 0.25) is 0 Å². The molecule has 1 aliphatic rings. The van der Waals surface area contributed by atoms with Crippen molar-refractivity contribution in [2.24, 2.45) is 0 Å². The summed E-state index contributed by atoms with van der Waals surface area (Å²) < 4.78 is 0. The van der Waals surface area contributed by atoms with Gasteiger partial charge in [-0.1, -0.05) is 62.4 Å². The van der Waals surface area contributed by atoms with Gasteiger partial charge in [-0.2, -0.15) is 0 Å². The molecule has 0 heteroatoms. The van der Waals surface area contributed by atoms with Crippen molar-refractivity contribution in [3.8, 4) is 11.1 Å². The summed E-state index contributed by atoms with van der Waals surface area (Å²) >= 11 is 0. The maximum Gasteiger partial charge on any atom is 0.0159 e. The van der Waals surface area contributed by atoms with E-state index in [2.05, 4.69) is 74.5 Å². The van der Waals surface area contributed by atoms with Crippen molar-refractivity contribution in [3.05, 3.63) is 71.8 Å². The zero-order valence-electron chi connectivity index (χ0n) is 11.3. The fraction of sp³-hybridized carbons (Fsp3) is 0.158. The van der Waals surface area contributed by atoms with E-state index in [-0.39, 0.29) is 5.41 Å². The fourth-order valence-corrected chi connectivity index (χ4v) is 3.39. The molecule has 0 saturated carbocycles. The van der Waals surface area contributed by atoms with Crippen LogP contribution in [0.5, 0.6) is 0 Å². The fourth-order valence-electron chi connectivity index (χ4n) is 3.39. The second-order valence-corrected chi connectivity index (χ2v) is 5.92. The van der Waals surface area contributed by atoms with Gasteiger partial charge in [0.25, 0.3) is 0 Å². The Morgan fingerprint density at radius 1 is 0.632 bits per heavy atom. The van der Waals surface area contributed by atoms with Gasteiger partial charge in [0.1, 0.15) is 0 Å². The van der Waals surface area contributed by atoms with Crippen LogP contribution in [0.1, 0.15) is 25.0 Å². The molecule has 0 radical (unpaired) electrons. The zero-order chi connectivity index (χ0) is 13.0. The van der Waals surface area contributed by atoms with E-state index in [1.807, 2.05) is 0 Å². The molecule has 3 aromatic rings. The first kappa shape index (κ1) is 10.8. The Morgan fingerprint density at radius 3 is 2.05 bits per heavy atom. The smallest absolute Gasteiger partial charge is 0.0159 e. The molecule has 0 fully saturated rings. The highest BCUT2D eigenvalue weighted by atomic mass is 14.4. The molecule has 0 amide bonds. The van der Waals surface area contributed by atoms with E-state index in [1.165, 1.54) is 33.0 Å². The first-order valence-corrected chi connectivity index (χ1v) is 6.81. The molecule has 0 aromatic heterocycles. The minimum Gasteiger partial charge on any atom is -0.0619 e. The van der Waals surface area contributed by atoms with Crippen LogP contribution < -0.4 is 0 Å². The topological polar surface area (TPSA) is 0 Å². The minimum absolute atomic E-state index is 0.107. The normalized spacial score (nSPS) is 15.3. The van der Waals surface area contributed by atoms with Crippen molar-refractivity contribution in [3.63, 3.8) is 0 Å². The summed E-state index contributed by atoms with van der Waals surface area (Å²) in [5.74, 6) is 0. The predicted molar refractivity (Wildman–Crippen MR) is 81.5 cm³/mol. The molecule has 92 valence electrons. The van der Waals surface area contributed by atoms with Gasteiger partial charge in [0.05, 0.1) is 0 Å². The third kappa shape index (κ3) is 1.34. The van der Waals surface area contributed by atoms with Crippen LogP contribution >= 0.6 is 0 Å². The summed E-state index contributed by atoms with van der Waals surface area (Å²) in [6.07, 6.45) is 0. The van der Waals surface area contributed by atoms with Crippen LogP contribution in [0.15, 0.2) is 60.7 Å². The maximum absolute atomic E-state index is 2.37. The number of rotatable bonds is 0. The van der Waals surface area contributed by atoms with Gasteiger partial charge in [0.2, 0.25) is 0 Å². The van der Waals surface area contributed by atoms with Crippen LogP contribution in [-0.4, -0.2) is 0 Å². The SMILES string of the molecule is CC1(C)c2ccccc2-c2cc3ccccc3cc21. The lowest BCUT2D eigenvalue weighted by Gasteiger charge is -2.21. The molecule has 0 nitrogen and oxygen atoms in total. The number of hydrogen-bond donors (Lipinski definition) is 0. The van der Waals surface area contributed by atoms with Crippen molar-refractivity contribution in [2.45, 2.75) is 19.3 Å². The maximum atomic E-state index is 2.37. The third-order valence-corrected chi connectivity index (χ3v) is 4.45. The van der Waals surface area contributed by atoms with E-state index in [0.29, 0.717) is 0 Å². The summed E-state index contributed by atoms with van der Waals surface area (Å²) in [4.78, 5) is 0. The standard InChI is InChI=1S/C19H16/c1-19(2)17-10-6-5-9-15(17)16-11-13-7-3-4-8-14(13)12-18(16)19/h3-12H,1-2H3. The van der Waals surface area contributed by atoms with E-state index in [4.69, 9.17) is 0 Å². The second kappa shape index (κ2) is 3.48. The van der Waals surface area contributed by atoms with E-state index in [0.717, 1.165) is 0 Å². The lowest BCUT2D eigenvalue weighted by atomic mass is 9.82. The molecule has 4 rings (SSSR count). The van der Waals surface area contributed by atoms with Gasteiger partial charge in [-0.3, -0.25) is 0 Å². The molecule has 3 aromatic carbocycles. The van der Waals surface area contributed by atoms with Gasteiger partial charge in [0, 0.05) is 5.41 Å². The highest BCUT2D eigenvalue weighted by Crippen LogP contribution is 2.49.